The van der Waals surface area contributed by atoms with Crippen LogP contribution in [-0.4, -0.2) is 54.0 Å². The van der Waals surface area contributed by atoms with Crippen molar-refractivity contribution < 1.29 is 4.39 Å². The van der Waals surface area contributed by atoms with Crippen molar-refractivity contribution in [3.8, 4) is 0 Å². The molecule has 0 spiro atoms. The Labute approximate surface area is 204 Å². The SMILES string of the molecule is CCCCCC.CNc1nccc(/C(=C(/N)c2ccc(F)cc2)N2C=CC(CN(C)C)=CC2)n1. The van der Waals surface area contributed by atoms with Gasteiger partial charge in [0, 0.05) is 32.5 Å². The first-order chi connectivity index (χ1) is 16.4. The molecule has 0 radical (unpaired) electrons. The number of hydrogen-bond acceptors (Lipinski definition) is 6. The van der Waals surface area contributed by atoms with E-state index >= 15 is 0 Å². The highest BCUT2D eigenvalue weighted by Gasteiger charge is 2.19. The van der Waals surface area contributed by atoms with E-state index in [-0.39, 0.29) is 5.82 Å². The molecule has 7 heteroatoms. The van der Waals surface area contributed by atoms with Gasteiger partial charge in [-0.2, -0.15) is 0 Å². The van der Waals surface area contributed by atoms with Gasteiger partial charge in [-0.15, -0.1) is 0 Å². The topological polar surface area (TPSA) is 70.3 Å². The molecule has 0 saturated carbocycles. The first-order valence-corrected chi connectivity index (χ1v) is 11.9. The zero-order valence-corrected chi connectivity index (χ0v) is 21.2. The van der Waals surface area contributed by atoms with E-state index in [1.807, 2.05) is 31.3 Å². The van der Waals surface area contributed by atoms with Gasteiger partial charge in [0.25, 0.3) is 0 Å². The Kier molecular flexibility index (Phi) is 11.3. The Morgan fingerprint density at radius 3 is 2.32 bits per heavy atom. The summed E-state index contributed by atoms with van der Waals surface area (Å²) < 4.78 is 13.4. The number of nitrogens with zero attached hydrogens (tertiary/aromatic N) is 4. The molecule has 34 heavy (non-hydrogen) atoms. The summed E-state index contributed by atoms with van der Waals surface area (Å²) in [6.45, 7) is 6.00. The average molecular weight is 467 g/mol. The molecule has 6 nitrogen and oxygen atoms in total. The van der Waals surface area contributed by atoms with Gasteiger partial charge in [0.2, 0.25) is 5.95 Å². The highest BCUT2D eigenvalue weighted by Crippen LogP contribution is 2.28. The molecule has 1 aromatic heterocycles. The van der Waals surface area contributed by atoms with Crippen molar-refractivity contribution in [3.05, 3.63) is 77.5 Å². The highest BCUT2D eigenvalue weighted by atomic mass is 19.1. The Bertz CT molecular complexity index is 975. The Morgan fingerprint density at radius 1 is 1.12 bits per heavy atom. The van der Waals surface area contributed by atoms with Crippen molar-refractivity contribution in [2.45, 2.75) is 39.5 Å². The molecule has 0 aliphatic carbocycles. The number of halogens is 1. The molecule has 1 aliphatic rings. The van der Waals surface area contributed by atoms with Gasteiger partial charge in [-0.1, -0.05) is 45.6 Å². The van der Waals surface area contributed by atoms with Gasteiger partial charge < -0.3 is 20.9 Å². The van der Waals surface area contributed by atoms with E-state index in [4.69, 9.17) is 5.73 Å². The van der Waals surface area contributed by atoms with Gasteiger partial charge in [-0.25, -0.2) is 14.4 Å². The number of anilines is 1. The van der Waals surface area contributed by atoms with Gasteiger partial charge in [0.1, 0.15) is 5.82 Å². The van der Waals surface area contributed by atoms with Crippen LogP contribution in [0.3, 0.4) is 0 Å². The molecule has 0 fully saturated rings. The molecule has 1 aliphatic heterocycles. The predicted octanol–water partition coefficient (Wildman–Crippen LogP) is 5.35. The van der Waals surface area contributed by atoms with Gasteiger partial charge in [-0.05, 0) is 61.6 Å². The second kappa shape index (κ2) is 14.2. The second-order valence-electron chi connectivity index (χ2n) is 8.48. The zero-order valence-electron chi connectivity index (χ0n) is 21.2. The van der Waals surface area contributed by atoms with Crippen LogP contribution in [0.15, 0.2) is 60.5 Å². The maximum atomic E-state index is 13.4. The Morgan fingerprint density at radius 2 is 1.79 bits per heavy atom. The molecule has 184 valence electrons. The maximum absolute atomic E-state index is 13.4. The predicted molar refractivity (Wildman–Crippen MR) is 141 cm³/mol. The van der Waals surface area contributed by atoms with Crippen molar-refractivity contribution in [2.24, 2.45) is 5.73 Å². The lowest BCUT2D eigenvalue weighted by atomic mass is 10.1. The molecular formula is C27H39FN6. The summed E-state index contributed by atoms with van der Waals surface area (Å²) in [6, 6.07) is 7.97. The fraction of sp³-hybridized carbons (Fsp3) is 0.407. The molecule has 2 aromatic rings. The number of hydrogen-bond donors (Lipinski definition) is 2. The average Bonchev–Trinajstić information content (AvgIpc) is 2.84. The molecule has 1 aromatic carbocycles. The normalized spacial score (nSPS) is 13.7. The number of unbranched alkanes of at least 4 members (excludes halogenated alkanes) is 3. The first kappa shape index (κ1) is 27.1. The van der Waals surface area contributed by atoms with Crippen molar-refractivity contribution in [1.82, 2.24) is 19.8 Å². The number of benzene rings is 1. The largest absolute Gasteiger partial charge is 0.396 e. The summed E-state index contributed by atoms with van der Waals surface area (Å²) in [5.74, 6) is 0.207. The Hall–Kier alpha value is -3.19. The molecular weight excluding hydrogens is 427 g/mol. The second-order valence-corrected chi connectivity index (χ2v) is 8.48. The maximum Gasteiger partial charge on any atom is 0.222 e. The van der Waals surface area contributed by atoms with E-state index in [1.54, 1.807) is 25.4 Å². The molecule has 3 N–H and O–H groups in total. The molecule has 2 heterocycles. The van der Waals surface area contributed by atoms with Gasteiger partial charge in [0.15, 0.2) is 0 Å². The van der Waals surface area contributed by atoms with Crippen LogP contribution in [0, 0.1) is 5.82 Å². The summed E-state index contributed by atoms with van der Waals surface area (Å²) in [4.78, 5) is 12.9. The number of likely N-dealkylation sites (N-methyl/N-ethyl adjacent to an activating group) is 1. The van der Waals surface area contributed by atoms with Crippen LogP contribution in [0.2, 0.25) is 0 Å². The lowest BCUT2D eigenvalue weighted by Gasteiger charge is -2.27. The van der Waals surface area contributed by atoms with Crippen LogP contribution >= 0.6 is 0 Å². The molecule has 0 unspecified atom stereocenters. The van der Waals surface area contributed by atoms with Gasteiger partial charge in [-0.3, -0.25) is 0 Å². The number of nitrogens with two attached hydrogens (primary N) is 1. The van der Waals surface area contributed by atoms with E-state index < -0.39 is 0 Å². The summed E-state index contributed by atoms with van der Waals surface area (Å²) in [7, 11) is 5.85. The van der Waals surface area contributed by atoms with Crippen molar-refractivity contribution in [2.75, 3.05) is 39.5 Å². The standard InChI is InChI=1S/C21H25FN6.C6H14/c1-24-21-25-11-8-18(26-21)20(19(23)16-4-6-17(22)7-5-16)28-12-9-15(10-13-28)14-27(2)3;1-3-5-6-4-2/h4-12H,13-14,23H2,1-3H3,(H,24,25,26);3-6H2,1-2H3/b20-19-;. The fourth-order valence-corrected chi connectivity index (χ4v) is 3.50. The summed E-state index contributed by atoms with van der Waals surface area (Å²) >= 11 is 0. The zero-order chi connectivity index (χ0) is 24.9. The quantitative estimate of drug-likeness (QED) is 0.486. The minimum absolute atomic E-state index is 0.299. The van der Waals surface area contributed by atoms with Crippen LogP contribution < -0.4 is 11.1 Å². The van der Waals surface area contributed by atoms with Crippen LogP contribution in [0.1, 0.15) is 50.8 Å². The molecule has 3 rings (SSSR count). The lowest BCUT2D eigenvalue weighted by molar-refractivity contribution is 0.444. The number of aromatic nitrogens is 2. The van der Waals surface area contributed by atoms with Gasteiger partial charge in [0.05, 0.1) is 17.1 Å². The summed E-state index contributed by atoms with van der Waals surface area (Å²) in [5.41, 5.74) is 10.5. The van der Waals surface area contributed by atoms with E-state index in [1.165, 1.54) is 43.4 Å². The monoisotopic (exact) mass is 466 g/mol. The van der Waals surface area contributed by atoms with Crippen LogP contribution in [-0.2, 0) is 0 Å². The van der Waals surface area contributed by atoms with E-state index in [0.29, 0.717) is 23.9 Å². The van der Waals surface area contributed by atoms with Crippen molar-refractivity contribution in [3.63, 3.8) is 0 Å². The lowest BCUT2D eigenvalue weighted by Crippen LogP contribution is -2.24. The van der Waals surface area contributed by atoms with Crippen LogP contribution in [0.25, 0.3) is 11.4 Å². The molecule has 0 atom stereocenters. The van der Waals surface area contributed by atoms with Crippen LogP contribution in [0.4, 0.5) is 10.3 Å². The summed E-state index contributed by atoms with van der Waals surface area (Å²) in [5, 5.41) is 2.95. The fourth-order valence-electron chi connectivity index (χ4n) is 3.50. The highest BCUT2D eigenvalue weighted by molar-refractivity contribution is 5.88. The minimum Gasteiger partial charge on any atom is -0.396 e. The van der Waals surface area contributed by atoms with E-state index in [9.17, 15) is 4.39 Å². The first-order valence-electron chi connectivity index (χ1n) is 11.9. The molecule has 0 saturated heterocycles. The van der Waals surface area contributed by atoms with Crippen LogP contribution in [0.5, 0.6) is 0 Å². The smallest absolute Gasteiger partial charge is 0.222 e. The van der Waals surface area contributed by atoms with Crippen molar-refractivity contribution >= 4 is 17.3 Å². The van der Waals surface area contributed by atoms with Gasteiger partial charge >= 0.3 is 0 Å². The minimum atomic E-state index is -0.299. The van der Waals surface area contributed by atoms with Crippen molar-refractivity contribution in [1.29, 1.82) is 0 Å². The molecule has 0 amide bonds. The Balaban J connectivity index is 0.000000604. The van der Waals surface area contributed by atoms with E-state index in [0.717, 1.165) is 17.8 Å². The third kappa shape index (κ3) is 8.30. The third-order valence-corrected chi connectivity index (χ3v) is 5.29. The third-order valence-electron chi connectivity index (χ3n) is 5.29. The molecule has 0 bridgehead atoms. The number of rotatable bonds is 9. The number of nitrogens with one attached hydrogen (secondary N) is 1. The summed E-state index contributed by atoms with van der Waals surface area (Å²) in [6.07, 6.45) is 13.5. The van der Waals surface area contributed by atoms with E-state index in [2.05, 4.69) is 46.2 Å².